The molecule has 0 saturated heterocycles. The van der Waals surface area contributed by atoms with Gasteiger partial charge in [0, 0.05) is 15.2 Å². The molecule has 25 heavy (non-hydrogen) atoms. The lowest BCUT2D eigenvalue weighted by atomic mass is 9.76. The summed E-state index contributed by atoms with van der Waals surface area (Å²) < 4.78 is 10.9. The number of hydrogen-bond acceptors (Lipinski definition) is 4. The van der Waals surface area contributed by atoms with Crippen LogP contribution in [-0.4, -0.2) is 32.9 Å². The Kier molecular flexibility index (Phi) is 9.76. The van der Waals surface area contributed by atoms with Crippen LogP contribution in [0.15, 0.2) is 0 Å². The van der Waals surface area contributed by atoms with Crippen LogP contribution in [0.2, 0.25) is 19.1 Å². The Morgan fingerprint density at radius 3 is 2.40 bits per heavy atom. The predicted octanol–water partition coefficient (Wildman–Crippen LogP) is 4.72. The molecule has 0 aromatic carbocycles. The number of esters is 2. The van der Waals surface area contributed by atoms with E-state index in [0.29, 0.717) is 18.9 Å². The molecule has 0 aliphatic heterocycles. The van der Waals surface area contributed by atoms with Gasteiger partial charge in [-0.3, -0.25) is 9.59 Å². The van der Waals surface area contributed by atoms with Crippen LogP contribution in [0, 0.1) is 11.8 Å². The number of carbonyl (C=O) groups is 2. The first-order valence-corrected chi connectivity index (χ1v) is 13.2. The summed E-state index contributed by atoms with van der Waals surface area (Å²) in [7, 11) is -0.657. The third-order valence-corrected chi connectivity index (χ3v) is 6.17. The minimum absolute atomic E-state index is 0.0199. The molecular weight excluding hydrogens is 332 g/mol. The first-order valence-electron chi connectivity index (χ1n) is 10.1. The van der Waals surface area contributed by atoms with Gasteiger partial charge in [0.05, 0.1) is 12.5 Å². The summed E-state index contributed by atoms with van der Waals surface area (Å²) in [4.78, 5) is 24.2. The zero-order valence-electron chi connectivity index (χ0n) is 16.9. The van der Waals surface area contributed by atoms with E-state index in [1.54, 1.807) is 0 Å². The fourth-order valence-corrected chi connectivity index (χ4v) is 4.02. The minimum Gasteiger partial charge on any atom is -0.466 e. The van der Waals surface area contributed by atoms with Gasteiger partial charge >= 0.3 is 11.9 Å². The molecule has 0 radical (unpaired) electrons. The smallest absolute Gasteiger partial charge is 0.309 e. The van der Waals surface area contributed by atoms with Crippen molar-refractivity contribution < 1.29 is 19.1 Å². The number of hydrogen-bond donors (Lipinski definition) is 0. The molecule has 1 aliphatic carbocycles. The molecule has 0 bridgehead atoms. The van der Waals surface area contributed by atoms with Crippen LogP contribution in [0.25, 0.3) is 0 Å². The van der Waals surface area contributed by atoms with Crippen molar-refractivity contribution in [3.63, 3.8) is 0 Å². The SMILES string of the molecule is C[SiH](C)CCOC(=O)[C@H]1CCCC[C@H]1CCCCC(=O)OC(C)(C)C. The third-order valence-electron chi connectivity index (χ3n) is 4.78. The molecule has 1 aliphatic rings. The first-order chi connectivity index (χ1) is 11.7. The summed E-state index contributed by atoms with van der Waals surface area (Å²) in [6.07, 6.45) is 7.73. The quantitative estimate of drug-likeness (QED) is 0.335. The van der Waals surface area contributed by atoms with Crippen molar-refractivity contribution in [1.29, 1.82) is 0 Å². The number of unbranched alkanes of at least 4 members (excludes halogenated alkanes) is 1. The van der Waals surface area contributed by atoms with Crippen molar-refractivity contribution in [2.75, 3.05) is 6.61 Å². The van der Waals surface area contributed by atoms with Gasteiger partial charge in [0.25, 0.3) is 0 Å². The molecule has 4 nitrogen and oxygen atoms in total. The van der Waals surface area contributed by atoms with Gasteiger partial charge in [-0.05, 0) is 58.4 Å². The second-order valence-electron chi connectivity index (χ2n) is 8.83. The molecule has 0 amide bonds. The average Bonchev–Trinajstić information content (AvgIpc) is 2.49. The Balaban J connectivity index is 2.31. The van der Waals surface area contributed by atoms with Crippen LogP contribution < -0.4 is 0 Å². The highest BCUT2D eigenvalue weighted by Crippen LogP contribution is 2.34. The zero-order valence-corrected chi connectivity index (χ0v) is 18.1. The highest BCUT2D eigenvalue weighted by Gasteiger charge is 2.31. The lowest BCUT2D eigenvalue weighted by molar-refractivity contribution is -0.155. The fourth-order valence-electron chi connectivity index (χ4n) is 3.43. The monoisotopic (exact) mass is 370 g/mol. The second kappa shape index (κ2) is 11.0. The molecular formula is C20H38O4Si. The van der Waals surface area contributed by atoms with E-state index in [1.165, 1.54) is 6.42 Å². The summed E-state index contributed by atoms with van der Waals surface area (Å²) in [5, 5.41) is 0. The maximum atomic E-state index is 12.4. The molecule has 2 atom stereocenters. The van der Waals surface area contributed by atoms with E-state index in [-0.39, 0.29) is 17.9 Å². The average molecular weight is 371 g/mol. The van der Waals surface area contributed by atoms with Gasteiger partial charge in [-0.15, -0.1) is 0 Å². The molecule has 1 saturated carbocycles. The fraction of sp³-hybridized carbons (Fsp3) is 0.900. The highest BCUT2D eigenvalue weighted by atomic mass is 28.3. The Morgan fingerprint density at radius 1 is 1.08 bits per heavy atom. The zero-order chi connectivity index (χ0) is 18.9. The van der Waals surface area contributed by atoms with Gasteiger partial charge < -0.3 is 9.47 Å². The lowest BCUT2D eigenvalue weighted by Gasteiger charge is -2.30. The van der Waals surface area contributed by atoms with Crippen LogP contribution in [0.3, 0.4) is 0 Å². The van der Waals surface area contributed by atoms with E-state index in [9.17, 15) is 9.59 Å². The maximum Gasteiger partial charge on any atom is 0.309 e. The summed E-state index contributed by atoms with van der Waals surface area (Å²) in [5.41, 5.74) is -0.409. The van der Waals surface area contributed by atoms with E-state index < -0.39 is 14.4 Å². The summed E-state index contributed by atoms with van der Waals surface area (Å²) in [6.45, 7) is 10.8. The topological polar surface area (TPSA) is 52.6 Å². The van der Waals surface area contributed by atoms with Crippen molar-refractivity contribution in [3.8, 4) is 0 Å². The van der Waals surface area contributed by atoms with Gasteiger partial charge in [0.2, 0.25) is 0 Å². The van der Waals surface area contributed by atoms with Crippen molar-refractivity contribution in [2.24, 2.45) is 11.8 Å². The predicted molar refractivity (Wildman–Crippen MR) is 104 cm³/mol. The minimum atomic E-state index is -0.657. The summed E-state index contributed by atoms with van der Waals surface area (Å²) in [6, 6.07) is 1.07. The largest absolute Gasteiger partial charge is 0.466 e. The van der Waals surface area contributed by atoms with Crippen LogP contribution in [0.5, 0.6) is 0 Å². The normalized spacial score (nSPS) is 21.2. The van der Waals surface area contributed by atoms with Crippen molar-refractivity contribution in [3.05, 3.63) is 0 Å². The van der Waals surface area contributed by atoms with Crippen LogP contribution in [-0.2, 0) is 19.1 Å². The maximum absolute atomic E-state index is 12.4. The lowest BCUT2D eigenvalue weighted by Crippen LogP contribution is -2.29. The Hall–Kier alpha value is -0.843. The number of rotatable bonds is 9. The third kappa shape index (κ3) is 10.0. The Bertz CT molecular complexity index is 414. The molecule has 0 spiro atoms. The van der Waals surface area contributed by atoms with E-state index >= 15 is 0 Å². The molecule has 0 N–H and O–H groups in total. The van der Waals surface area contributed by atoms with E-state index in [0.717, 1.165) is 44.6 Å². The summed E-state index contributed by atoms with van der Waals surface area (Å²) in [5.74, 6) is 0.400. The van der Waals surface area contributed by atoms with Crippen molar-refractivity contribution >= 4 is 20.7 Å². The van der Waals surface area contributed by atoms with E-state index in [4.69, 9.17) is 9.47 Å². The molecule has 0 unspecified atom stereocenters. The molecule has 1 rings (SSSR count). The van der Waals surface area contributed by atoms with Crippen molar-refractivity contribution in [2.45, 2.75) is 96.9 Å². The highest BCUT2D eigenvalue weighted by molar-refractivity contribution is 6.55. The van der Waals surface area contributed by atoms with Gasteiger partial charge in [-0.1, -0.05) is 32.4 Å². The van der Waals surface area contributed by atoms with Gasteiger partial charge in [0.1, 0.15) is 5.60 Å². The Labute approximate surface area is 155 Å². The van der Waals surface area contributed by atoms with Crippen LogP contribution in [0.4, 0.5) is 0 Å². The van der Waals surface area contributed by atoms with Gasteiger partial charge in [-0.25, -0.2) is 0 Å². The number of carbonyl (C=O) groups excluding carboxylic acids is 2. The molecule has 5 heteroatoms. The van der Waals surface area contributed by atoms with Gasteiger partial charge in [0.15, 0.2) is 0 Å². The van der Waals surface area contributed by atoms with Crippen molar-refractivity contribution in [1.82, 2.24) is 0 Å². The molecule has 146 valence electrons. The number of ether oxygens (including phenoxy) is 2. The molecule has 0 heterocycles. The standard InChI is InChI=1S/C20H38O4Si/c1-20(2,3)24-18(21)13-9-7-11-16-10-6-8-12-17(16)19(22)23-14-15-25(4)5/h16-17,25H,6-15H2,1-5H3/t16-,17-/m0/s1. The molecule has 0 aromatic rings. The summed E-state index contributed by atoms with van der Waals surface area (Å²) >= 11 is 0. The molecule has 0 aromatic heterocycles. The van der Waals surface area contributed by atoms with E-state index in [1.807, 2.05) is 20.8 Å². The molecule has 1 fully saturated rings. The second-order valence-corrected chi connectivity index (χ2v) is 12.2. The first kappa shape index (κ1) is 22.2. The van der Waals surface area contributed by atoms with Crippen LogP contribution in [0.1, 0.15) is 72.1 Å². The van der Waals surface area contributed by atoms with Crippen LogP contribution >= 0.6 is 0 Å². The van der Waals surface area contributed by atoms with Gasteiger partial charge in [-0.2, -0.15) is 0 Å². The Morgan fingerprint density at radius 2 is 1.76 bits per heavy atom. The van der Waals surface area contributed by atoms with E-state index in [2.05, 4.69) is 13.1 Å².